The molecule has 8 nitrogen and oxygen atoms in total. The van der Waals surface area contributed by atoms with E-state index in [4.69, 9.17) is 9.47 Å². The number of ether oxygens (including phenoxy) is 2. The van der Waals surface area contributed by atoms with Crippen molar-refractivity contribution in [3.8, 4) is 5.75 Å². The van der Waals surface area contributed by atoms with E-state index in [1.807, 2.05) is 0 Å². The molecule has 2 aromatic carbocycles. The second-order valence-electron chi connectivity index (χ2n) is 6.18. The first-order valence-electron chi connectivity index (χ1n) is 8.36. The van der Waals surface area contributed by atoms with Gasteiger partial charge < -0.3 is 9.47 Å². The van der Waals surface area contributed by atoms with Crippen LogP contribution in [-0.2, 0) is 24.8 Å². The molecule has 0 amide bonds. The predicted molar refractivity (Wildman–Crippen MR) is 107 cm³/mol. The summed E-state index contributed by atoms with van der Waals surface area (Å²) < 4.78 is 63.8. The van der Waals surface area contributed by atoms with Gasteiger partial charge in [-0.25, -0.2) is 21.1 Å². The smallest absolute Gasteiger partial charge is 0.261 e. The van der Waals surface area contributed by atoms with Crippen LogP contribution < -0.4 is 9.46 Å². The predicted octanol–water partition coefficient (Wildman–Crippen LogP) is 2.07. The monoisotopic (exact) mass is 428 g/mol. The summed E-state index contributed by atoms with van der Waals surface area (Å²) in [5.74, 6) is 0.520. The van der Waals surface area contributed by atoms with Gasteiger partial charge in [0.15, 0.2) is 0 Å². The maximum absolute atomic E-state index is 12.7. The van der Waals surface area contributed by atoms with E-state index < -0.39 is 20.0 Å². The lowest BCUT2D eigenvalue weighted by atomic mass is 10.2. The van der Waals surface area contributed by atoms with E-state index >= 15 is 0 Å². The molecule has 2 aromatic rings. The summed E-state index contributed by atoms with van der Waals surface area (Å²) in [6.45, 7) is 2.47. The molecule has 2 rings (SSSR count). The van der Waals surface area contributed by atoms with Gasteiger partial charge in [0.2, 0.25) is 10.0 Å². The zero-order valence-corrected chi connectivity index (χ0v) is 17.8. The van der Waals surface area contributed by atoms with Crippen molar-refractivity contribution in [2.24, 2.45) is 0 Å². The van der Waals surface area contributed by atoms with Gasteiger partial charge in [-0.3, -0.25) is 4.72 Å². The first-order valence-corrected chi connectivity index (χ1v) is 11.3. The molecule has 0 aliphatic heterocycles. The minimum absolute atomic E-state index is 0.00249. The Morgan fingerprint density at radius 3 is 2.11 bits per heavy atom. The van der Waals surface area contributed by atoms with E-state index in [0.717, 1.165) is 4.31 Å². The molecule has 0 radical (unpaired) electrons. The Labute approximate surface area is 166 Å². The molecule has 0 spiro atoms. The number of nitrogens with zero attached hydrogens (tertiary/aromatic N) is 1. The lowest BCUT2D eigenvalue weighted by molar-refractivity contribution is 0.146. The van der Waals surface area contributed by atoms with E-state index in [1.54, 1.807) is 32.2 Å². The van der Waals surface area contributed by atoms with Crippen LogP contribution in [-0.4, -0.2) is 55.6 Å². The molecule has 10 heteroatoms. The van der Waals surface area contributed by atoms with Gasteiger partial charge in [0.1, 0.15) is 12.4 Å². The molecule has 154 valence electrons. The van der Waals surface area contributed by atoms with Crippen molar-refractivity contribution in [2.75, 3.05) is 39.1 Å². The molecule has 0 saturated heterocycles. The molecule has 0 aliphatic carbocycles. The SMILES string of the molecule is COCCOc1ccc(S(=O)(=O)Nc2cc(S(=O)(=O)N(C)C)ccc2C)cc1. The molecule has 0 fully saturated rings. The van der Waals surface area contributed by atoms with Crippen molar-refractivity contribution in [1.29, 1.82) is 0 Å². The number of rotatable bonds is 9. The van der Waals surface area contributed by atoms with Gasteiger partial charge in [0.25, 0.3) is 10.0 Å². The van der Waals surface area contributed by atoms with Crippen molar-refractivity contribution in [1.82, 2.24) is 4.31 Å². The van der Waals surface area contributed by atoms with Crippen LogP contribution in [0.5, 0.6) is 5.75 Å². The van der Waals surface area contributed by atoms with Crippen LogP contribution in [0.4, 0.5) is 5.69 Å². The van der Waals surface area contributed by atoms with Gasteiger partial charge in [-0.15, -0.1) is 0 Å². The molecule has 0 unspecified atom stereocenters. The fourth-order valence-electron chi connectivity index (χ4n) is 2.24. The van der Waals surface area contributed by atoms with Gasteiger partial charge in [-0.2, -0.15) is 0 Å². The minimum atomic E-state index is -3.90. The summed E-state index contributed by atoms with van der Waals surface area (Å²) >= 11 is 0. The lowest BCUT2D eigenvalue weighted by Gasteiger charge is -2.15. The average molecular weight is 429 g/mol. The fraction of sp³-hybridized carbons (Fsp3) is 0.333. The maximum Gasteiger partial charge on any atom is 0.261 e. The molecular weight excluding hydrogens is 404 g/mol. The minimum Gasteiger partial charge on any atom is -0.491 e. The van der Waals surface area contributed by atoms with Gasteiger partial charge in [0, 0.05) is 21.2 Å². The second-order valence-corrected chi connectivity index (χ2v) is 10.0. The van der Waals surface area contributed by atoms with Gasteiger partial charge >= 0.3 is 0 Å². The molecule has 1 N–H and O–H groups in total. The van der Waals surface area contributed by atoms with Crippen LogP contribution in [0.3, 0.4) is 0 Å². The van der Waals surface area contributed by atoms with Crippen molar-refractivity contribution in [2.45, 2.75) is 16.7 Å². The van der Waals surface area contributed by atoms with E-state index in [-0.39, 0.29) is 15.5 Å². The van der Waals surface area contributed by atoms with E-state index in [1.165, 1.54) is 38.4 Å². The summed E-state index contributed by atoms with van der Waals surface area (Å²) in [5.41, 5.74) is 0.796. The Hall–Kier alpha value is -2.14. The first-order chi connectivity index (χ1) is 13.1. The highest BCUT2D eigenvalue weighted by atomic mass is 32.2. The van der Waals surface area contributed by atoms with Crippen molar-refractivity contribution in [3.05, 3.63) is 48.0 Å². The molecule has 0 heterocycles. The standard InChI is InChI=1S/C18H24N2O6S2/c1-14-5-8-17(28(23,24)20(2)3)13-18(14)19-27(21,22)16-9-6-15(7-10-16)26-12-11-25-4/h5-10,13,19H,11-12H2,1-4H3. The highest BCUT2D eigenvalue weighted by molar-refractivity contribution is 7.92. The van der Waals surface area contributed by atoms with E-state index in [2.05, 4.69) is 4.72 Å². The Kier molecular flexibility index (Phi) is 7.05. The third kappa shape index (κ3) is 5.22. The highest BCUT2D eigenvalue weighted by Crippen LogP contribution is 2.25. The van der Waals surface area contributed by atoms with E-state index in [9.17, 15) is 16.8 Å². The number of hydrogen-bond acceptors (Lipinski definition) is 6. The summed E-state index contributed by atoms with van der Waals surface area (Å²) in [5, 5.41) is 0. The Morgan fingerprint density at radius 2 is 1.54 bits per heavy atom. The van der Waals surface area contributed by atoms with E-state index in [0.29, 0.717) is 24.5 Å². The summed E-state index contributed by atoms with van der Waals surface area (Å²) in [6, 6.07) is 10.2. The Balaban J connectivity index is 2.27. The topological polar surface area (TPSA) is 102 Å². The molecule has 0 saturated carbocycles. The first kappa shape index (κ1) is 22.2. The van der Waals surface area contributed by atoms with Crippen LogP contribution in [0.1, 0.15) is 5.56 Å². The van der Waals surface area contributed by atoms with Crippen molar-refractivity contribution < 1.29 is 26.3 Å². The van der Waals surface area contributed by atoms with Crippen LogP contribution in [0.2, 0.25) is 0 Å². The molecule has 0 atom stereocenters. The Morgan fingerprint density at radius 1 is 0.929 bits per heavy atom. The highest BCUT2D eigenvalue weighted by Gasteiger charge is 2.21. The number of methoxy groups -OCH3 is 1. The third-order valence-electron chi connectivity index (χ3n) is 3.92. The van der Waals surface area contributed by atoms with Crippen LogP contribution in [0.25, 0.3) is 0 Å². The maximum atomic E-state index is 12.7. The number of hydrogen-bond donors (Lipinski definition) is 1. The number of sulfonamides is 2. The molecule has 0 aliphatic rings. The quantitative estimate of drug-likeness (QED) is 0.614. The zero-order valence-electron chi connectivity index (χ0n) is 16.2. The zero-order chi connectivity index (χ0) is 20.9. The second kappa shape index (κ2) is 8.91. The molecule has 28 heavy (non-hydrogen) atoms. The fourth-order valence-corrected chi connectivity index (χ4v) is 4.29. The van der Waals surface area contributed by atoms with Crippen molar-refractivity contribution >= 4 is 25.7 Å². The van der Waals surface area contributed by atoms with Crippen LogP contribution in [0, 0.1) is 6.92 Å². The van der Waals surface area contributed by atoms with Gasteiger partial charge in [-0.05, 0) is 48.9 Å². The molecule has 0 aromatic heterocycles. The third-order valence-corrected chi connectivity index (χ3v) is 7.11. The normalized spacial score (nSPS) is 12.2. The number of anilines is 1. The summed E-state index contributed by atoms with van der Waals surface area (Å²) in [4.78, 5) is 0.0366. The number of benzene rings is 2. The van der Waals surface area contributed by atoms with Gasteiger partial charge in [0.05, 0.1) is 22.1 Å². The lowest BCUT2D eigenvalue weighted by Crippen LogP contribution is -2.22. The van der Waals surface area contributed by atoms with Crippen molar-refractivity contribution in [3.63, 3.8) is 0 Å². The van der Waals surface area contributed by atoms with Crippen LogP contribution >= 0.6 is 0 Å². The van der Waals surface area contributed by atoms with Gasteiger partial charge in [-0.1, -0.05) is 6.07 Å². The number of aryl methyl sites for hydroxylation is 1. The molecule has 0 bridgehead atoms. The Bertz CT molecular complexity index is 1020. The largest absolute Gasteiger partial charge is 0.491 e. The van der Waals surface area contributed by atoms with Crippen LogP contribution in [0.15, 0.2) is 52.3 Å². The number of nitrogens with one attached hydrogen (secondary N) is 1. The summed E-state index contributed by atoms with van der Waals surface area (Å²) in [7, 11) is -3.20. The average Bonchev–Trinajstić information content (AvgIpc) is 2.64. The summed E-state index contributed by atoms with van der Waals surface area (Å²) in [6.07, 6.45) is 0. The molecular formula is C18H24N2O6S2.